The molecule has 2 unspecified atom stereocenters. The molecule has 0 spiro atoms. The van der Waals surface area contributed by atoms with Crippen LogP contribution in [0.4, 0.5) is 0 Å². The SMILES string of the molecule is CC(C)C(CN)c1cncn1CC1(C)CCCO1. The minimum absolute atomic E-state index is 0.0361. The first-order valence-corrected chi connectivity index (χ1v) is 6.90. The topological polar surface area (TPSA) is 53.1 Å². The summed E-state index contributed by atoms with van der Waals surface area (Å²) in [6.45, 7) is 9.04. The maximum Gasteiger partial charge on any atom is 0.0949 e. The van der Waals surface area contributed by atoms with Gasteiger partial charge in [0.2, 0.25) is 0 Å². The number of nitrogens with zero attached hydrogens (tertiary/aromatic N) is 2. The van der Waals surface area contributed by atoms with Crippen molar-refractivity contribution in [2.45, 2.75) is 51.7 Å². The van der Waals surface area contributed by atoms with Crippen LogP contribution in [-0.4, -0.2) is 28.3 Å². The number of hydrogen-bond donors (Lipinski definition) is 1. The van der Waals surface area contributed by atoms with E-state index in [1.807, 2.05) is 12.5 Å². The minimum atomic E-state index is -0.0361. The van der Waals surface area contributed by atoms with Gasteiger partial charge < -0.3 is 15.0 Å². The van der Waals surface area contributed by atoms with E-state index in [1.54, 1.807) is 0 Å². The van der Waals surface area contributed by atoms with E-state index in [4.69, 9.17) is 10.5 Å². The Morgan fingerprint density at radius 1 is 1.56 bits per heavy atom. The molecule has 0 aromatic carbocycles. The second-order valence-corrected chi connectivity index (χ2v) is 5.93. The highest BCUT2D eigenvalue weighted by atomic mass is 16.5. The summed E-state index contributed by atoms with van der Waals surface area (Å²) in [6.07, 6.45) is 6.15. The quantitative estimate of drug-likeness (QED) is 0.872. The number of aromatic nitrogens is 2. The number of hydrogen-bond acceptors (Lipinski definition) is 3. The Bertz CT molecular complexity index is 380. The first-order valence-electron chi connectivity index (χ1n) is 6.90. The Balaban J connectivity index is 2.16. The fourth-order valence-electron chi connectivity index (χ4n) is 2.83. The van der Waals surface area contributed by atoms with Crippen LogP contribution in [0.15, 0.2) is 12.5 Å². The molecule has 0 saturated carbocycles. The summed E-state index contributed by atoms with van der Waals surface area (Å²) in [7, 11) is 0. The summed E-state index contributed by atoms with van der Waals surface area (Å²) >= 11 is 0. The summed E-state index contributed by atoms with van der Waals surface area (Å²) in [5.41, 5.74) is 7.11. The average molecular weight is 251 g/mol. The lowest BCUT2D eigenvalue weighted by Crippen LogP contribution is -2.31. The smallest absolute Gasteiger partial charge is 0.0949 e. The number of nitrogens with two attached hydrogens (primary N) is 1. The second kappa shape index (κ2) is 5.41. The molecular formula is C14H25N3O. The van der Waals surface area contributed by atoms with Crippen LogP contribution in [0.25, 0.3) is 0 Å². The summed E-state index contributed by atoms with van der Waals surface area (Å²) in [4.78, 5) is 4.30. The summed E-state index contributed by atoms with van der Waals surface area (Å²) in [5, 5.41) is 0. The molecule has 0 bridgehead atoms. The fraction of sp³-hybridized carbons (Fsp3) is 0.786. The minimum Gasteiger partial charge on any atom is -0.373 e. The van der Waals surface area contributed by atoms with E-state index < -0.39 is 0 Å². The van der Waals surface area contributed by atoms with Crippen LogP contribution >= 0.6 is 0 Å². The van der Waals surface area contributed by atoms with Gasteiger partial charge in [-0.05, 0) is 25.7 Å². The molecule has 1 aromatic rings. The van der Waals surface area contributed by atoms with Gasteiger partial charge >= 0.3 is 0 Å². The van der Waals surface area contributed by atoms with Crippen LogP contribution in [0.5, 0.6) is 0 Å². The molecule has 18 heavy (non-hydrogen) atoms. The van der Waals surface area contributed by atoms with Gasteiger partial charge in [0, 0.05) is 31.0 Å². The normalized spacial score (nSPS) is 25.8. The molecule has 2 atom stereocenters. The Morgan fingerprint density at radius 3 is 2.89 bits per heavy atom. The molecule has 1 fully saturated rings. The molecule has 2 N–H and O–H groups in total. The van der Waals surface area contributed by atoms with Gasteiger partial charge in [-0.15, -0.1) is 0 Å². The Hall–Kier alpha value is -0.870. The van der Waals surface area contributed by atoms with Crippen molar-refractivity contribution in [3.8, 4) is 0 Å². The van der Waals surface area contributed by atoms with Gasteiger partial charge in [0.1, 0.15) is 0 Å². The fourth-order valence-corrected chi connectivity index (χ4v) is 2.83. The van der Waals surface area contributed by atoms with Gasteiger partial charge in [0.25, 0.3) is 0 Å². The highest BCUT2D eigenvalue weighted by molar-refractivity contribution is 5.09. The number of rotatable bonds is 5. The van der Waals surface area contributed by atoms with Gasteiger partial charge in [-0.3, -0.25) is 0 Å². The van der Waals surface area contributed by atoms with Crippen LogP contribution in [-0.2, 0) is 11.3 Å². The lowest BCUT2D eigenvalue weighted by molar-refractivity contribution is 0.00537. The van der Waals surface area contributed by atoms with Crippen molar-refractivity contribution >= 4 is 0 Å². The maximum atomic E-state index is 5.90. The summed E-state index contributed by atoms with van der Waals surface area (Å²) in [5.74, 6) is 0.903. The van der Waals surface area contributed by atoms with Crippen LogP contribution in [0.1, 0.15) is 45.2 Å². The molecule has 4 heteroatoms. The van der Waals surface area contributed by atoms with Gasteiger partial charge in [-0.25, -0.2) is 4.98 Å². The first-order chi connectivity index (χ1) is 8.56. The van der Waals surface area contributed by atoms with E-state index in [0.29, 0.717) is 18.4 Å². The van der Waals surface area contributed by atoms with E-state index in [2.05, 4.69) is 30.3 Å². The van der Waals surface area contributed by atoms with Gasteiger partial charge in [-0.2, -0.15) is 0 Å². The predicted octanol–water partition coefficient (Wildman–Crippen LogP) is 2.15. The third kappa shape index (κ3) is 2.75. The molecule has 2 heterocycles. The van der Waals surface area contributed by atoms with Crippen molar-refractivity contribution in [3.05, 3.63) is 18.2 Å². The van der Waals surface area contributed by atoms with Crippen LogP contribution in [0.2, 0.25) is 0 Å². The zero-order valence-electron chi connectivity index (χ0n) is 11.7. The Labute approximate surface area is 110 Å². The maximum absolute atomic E-state index is 5.90. The van der Waals surface area contributed by atoms with Crippen LogP contribution in [0.3, 0.4) is 0 Å². The van der Waals surface area contributed by atoms with E-state index >= 15 is 0 Å². The monoisotopic (exact) mass is 251 g/mol. The van der Waals surface area contributed by atoms with Gasteiger partial charge in [0.15, 0.2) is 0 Å². The van der Waals surface area contributed by atoms with E-state index in [9.17, 15) is 0 Å². The van der Waals surface area contributed by atoms with Crippen molar-refractivity contribution in [1.29, 1.82) is 0 Å². The van der Waals surface area contributed by atoms with E-state index in [-0.39, 0.29) is 5.60 Å². The van der Waals surface area contributed by atoms with Gasteiger partial charge in [0.05, 0.1) is 18.5 Å². The van der Waals surface area contributed by atoms with Crippen molar-refractivity contribution < 1.29 is 4.74 Å². The molecule has 1 saturated heterocycles. The van der Waals surface area contributed by atoms with Crippen LogP contribution < -0.4 is 5.73 Å². The molecular weight excluding hydrogens is 226 g/mol. The zero-order chi connectivity index (χ0) is 13.2. The molecule has 1 aliphatic rings. The highest BCUT2D eigenvalue weighted by Crippen LogP contribution is 2.29. The molecule has 0 aliphatic carbocycles. The van der Waals surface area contributed by atoms with Crippen molar-refractivity contribution in [3.63, 3.8) is 0 Å². The average Bonchev–Trinajstić information content (AvgIpc) is 2.90. The first kappa shape index (κ1) is 13.6. The molecule has 2 rings (SSSR count). The molecule has 1 aromatic heterocycles. The lowest BCUT2D eigenvalue weighted by atomic mass is 9.92. The summed E-state index contributed by atoms with van der Waals surface area (Å²) < 4.78 is 8.09. The highest BCUT2D eigenvalue weighted by Gasteiger charge is 2.31. The van der Waals surface area contributed by atoms with Crippen molar-refractivity contribution in [2.24, 2.45) is 11.7 Å². The second-order valence-electron chi connectivity index (χ2n) is 5.93. The van der Waals surface area contributed by atoms with Crippen molar-refractivity contribution in [2.75, 3.05) is 13.2 Å². The van der Waals surface area contributed by atoms with E-state index in [1.165, 1.54) is 5.69 Å². The standard InChI is InChI=1S/C14H25N3O/c1-11(2)12(7-15)13-8-16-10-17(13)9-14(3)5-4-6-18-14/h8,10-12H,4-7,9,15H2,1-3H3. The largest absolute Gasteiger partial charge is 0.373 e. The third-order valence-corrected chi connectivity index (χ3v) is 3.99. The molecule has 0 amide bonds. The zero-order valence-corrected chi connectivity index (χ0v) is 11.7. The Kier molecular flexibility index (Phi) is 4.07. The number of imidazole rings is 1. The molecule has 4 nitrogen and oxygen atoms in total. The lowest BCUT2D eigenvalue weighted by Gasteiger charge is -2.27. The van der Waals surface area contributed by atoms with Gasteiger partial charge in [-0.1, -0.05) is 13.8 Å². The van der Waals surface area contributed by atoms with E-state index in [0.717, 1.165) is 26.0 Å². The third-order valence-electron chi connectivity index (χ3n) is 3.99. The molecule has 0 radical (unpaired) electrons. The van der Waals surface area contributed by atoms with Crippen molar-refractivity contribution in [1.82, 2.24) is 9.55 Å². The predicted molar refractivity (Wildman–Crippen MR) is 72.5 cm³/mol. The summed E-state index contributed by atoms with van der Waals surface area (Å²) in [6, 6.07) is 0. The Morgan fingerprint density at radius 2 is 2.33 bits per heavy atom. The molecule has 1 aliphatic heterocycles. The van der Waals surface area contributed by atoms with Crippen LogP contribution in [0, 0.1) is 5.92 Å². The molecule has 102 valence electrons. The number of ether oxygens (including phenoxy) is 1.